The van der Waals surface area contributed by atoms with Crippen molar-refractivity contribution in [2.75, 3.05) is 31.6 Å². The standard InChI is InChI=1S/C21H26N2O5S/c1-16(2)28-20-9-8-18(29(25,26)23-10-12-27-13-11-23)15-19(20)22-21(24)14-17-6-4-3-5-7-17/h3-9,15-16H,10-14H2,1-2H3,(H,22,24). The minimum atomic E-state index is -3.68. The van der Waals surface area contributed by atoms with Crippen molar-refractivity contribution in [3.8, 4) is 5.75 Å². The van der Waals surface area contributed by atoms with E-state index in [9.17, 15) is 13.2 Å². The highest BCUT2D eigenvalue weighted by molar-refractivity contribution is 7.89. The van der Waals surface area contributed by atoms with Crippen LogP contribution in [0.15, 0.2) is 53.4 Å². The molecule has 1 heterocycles. The number of hydrogen-bond donors (Lipinski definition) is 1. The van der Waals surface area contributed by atoms with Gasteiger partial charge in [0.25, 0.3) is 0 Å². The summed E-state index contributed by atoms with van der Waals surface area (Å²) in [5.74, 6) is 0.188. The molecule has 2 aromatic carbocycles. The molecule has 1 aliphatic heterocycles. The number of amides is 1. The fraction of sp³-hybridized carbons (Fsp3) is 0.381. The second-order valence-electron chi connectivity index (χ2n) is 7.05. The van der Waals surface area contributed by atoms with Crippen molar-refractivity contribution in [3.05, 3.63) is 54.1 Å². The number of benzene rings is 2. The molecule has 29 heavy (non-hydrogen) atoms. The molecule has 1 aliphatic rings. The lowest BCUT2D eigenvalue weighted by Crippen LogP contribution is -2.40. The highest BCUT2D eigenvalue weighted by Gasteiger charge is 2.27. The maximum atomic E-state index is 13.0. The summed E-state index contributed by atoms with van der Waals surface area (Å²) >= 11 is 0. The second kappa shape index (κ2) is 9.39. The van der Waals surface area contributed by atoms with Crippen LogP contribution in [0.25, 0.3) is 0 Å². The number of nitrogens with zero attached hydrogens (tertiary/aromatic N) is 1. The first kappa shape index (κ1) is 21.3. The van der Waals surface area contributed by atoms with Gasteiger partial charge in [0.2, 0.25) is 15.9 Å². The Morgan fingerprint density at radius 3 is 2.48 bits per heavy atom. The molecular formula is C21H26N2O5S. The predicted octanol–water partition coefficient (Wildman–Crippen LogP) is 2.68. The Morgan fingerprint density at radius 1 is 1.14 bits per heavy atom. The first-order chi connectivity index (χ1) is 13.9. The minimum Gasteiger partial charge on any atom is -0.489 e. The van der Waals surface area contributed by atoms with Crippen molar-refractivity contribution in [2.24, 2.45) is 0 Å². The molecule has 3 rings (SSSR count). The molecule has 1 N–H and O–H groups in total. The number of ether oxygens (including phenoxy) is 2. The largest absolute Gasteiger partial charge is 0.489 e. The topological polar surface area (TPSA) is 84.9 Å². The summed E-state index contributed by atoms with van der Waals surface area (Å²) in [6, 6.07) is 13.9. The number of anilines is 1. The van der Waals surface area contributed by atoms with Crippen LogP contribution < -0.4 is 10.1 Å². The molecule has 0 aliphatic carbocycles. The first-order valence-electron chi connectivity index (χ1n) is 9.58. The van der Waals surface area contributed by atoms with E-state index in [0.29, 0.717) is 37.7 Å². The Bertz CT molecular complexity index is 939. The molecule has 0 saturated carbocycles. The SMILES string of the molecule is CC(C)Oc1ccc(S(=O)(=O)N2CCOCC2)cc1NC(=O)Cc1ccccc1. The highest BCUT2D eigenvalue weighted by atomic mass is 32.2. The Labute approximate surface area is 171 Å². The average Bonchev–Trinajstić information content (AvgIpc) is 2.70. The summed E-state index contributed by atoms with van der Waals surface area (Å²) in [6.45, 7) is 5.09. The Balaban J connectivity index is 1.86. The molecule has 156 valence electrons. The number of morpholine rings is 1. The lowest BCUT2D eigenvalue weighted by Gasteiger charge is -2.26. The van der Waals surface area contributed by atoms with Crippen LogP contribution in [0.1, 0.15) is 19.4 Å². The van der Waals surface area contributed by atoms with Crippen LogP contribution in [-0.4, -0.2) is 51.0 Å². The van der Waals surface area contributed by atoms with Gasteiger partial charge in [-0.15, -0.1) is 0 Å². The van der Waals surface area contributed by atoms with E-state index in [2.05, 4.69) is 5.32 Å². The Hall–Kier alpha value is -2.42. The molecule has 1 amide bonds. The van der Waals surface area contributed by atoms with Crippen molar-refractivity contribution >= 4 is 21.6 Å². The second-order valence-corrected chi connectivity index (χ2v) is 8.99. The third-order valence-corrected chi connectivity index (χ3v) is 6.30. The van der Waals surface area contributed by atoms with Gasteiger partial charge in [-0.25, -0.2) is 8.42 Å². The first-order valence-corrected chi connectivity index (χ1v) is 11.0. The summed E-state index contributed by atoms with van der Waals surface area (Å²) in [5, 5.41) is 2.81. The quantitative estimate of drug-likeness (QED) is 0.747. The molecule has 0 unspecified atom stereocenters. The van der Waals surface area contributed by atoms with Crippen LogP contribution in [0.4, 0.5) is 5.69 Å². The monoisotopic (exact) mass is 418 g/mol. The fourth-order valence-electron chi connectivity index (χ4n) is 3.04. The molecule has 1 saturated heterocycles. The third kappa shape index (κ3) is 5.56. The maximum Gasteiger partial charge on any atom is 0.243 e. The van der Waals surface area contributed by atoms with Crippen molar-refractivity contribution < 1.29 is 22.7 Å². The zero-order chi connectivity index (χ0) is 20.9. The number of hydrogen-bond acceptors (Lipinski definition) is 5. The molecular weight excluding hydrogens is 392 g/mol. The molecule has 2 aromatic rings. The van der Waals surface area contributed by atoms with Gasteiger partial charge in [-0.2, -0.15) is 4.31 Å². The summed E-state index contributed by atoms with van der Waals surface area (Å²) in [5.41, 5.74) is 1.21. The molecule has 0 atom stereocenters. The fourth-order valence-corrected chi connectivity index (χ4v) is 4.47. The summed E-state index contributed by atoms with van der Waals surface area (Å²) in [4.78, 5) is 12.7. The van der Waals surface area contributed by atoms with E-state index in [-0.39, 0.29) is 23.3 Å². The van der Waals surface area contributed by atoms with E-state index in [4.69, 9.17) is 9.47 Å². The van der Waals surface area contributed by atoms with E-state index >= 15 is 0 Å². The number of rotatable bonds is 7. The smallest absolute Gasteiger partial charge is 0.243 e. The molecule has 0 radical (unpaired) electrons. The van der Waals surface area contributed by atoms with Crippen molar-refractivity contribution in [3.63, 3.8) is 0 Å². The van der Waals surface area contributed by atoms with Crippen molar-refractivity contribution in [2.45, 2.75) is 31.3 Å². The van der Waals surface area contributed by atoms with Gasteiger partial charge < -0.3 is 14.8 Å². The number of carbonyl (C=O) groups excluding carboxylic acids is 1. The van der Waals surface area contributed by atoms with Crippen LogP contribution >= 0.6 is 0 Å². The molecule has 7 nitrogen and oxygen atoms in total. The van der Waals surface area contributed by atoms with Crippen LogP contribution in [0.3, 0.4) is 0 Å². The highest BCUT2D eigenvalue weighted by Crippen LogP contribution is 2.30. The predicted molar refractivity (Wildman–Crippen MR) is 111 cm³/mol. The number of nitrogens with one attached hydrogen (secondary N) is 1. The zero-order valence-corrected chi connectivity index (χ0v) is 17.4. The lowest BCUT2D eigenvalue weighted by atomic mass is 10.1. The number of sulfonamides is 1. The van der Waals surface area contributed by atoms with Crippen molar-refractivity contribution in [1.82, 2.24) is 4.31 Å². The van der Waals surface area contributed by atoms with Crippen LogP contribution in [0.2, 0.25) is 0 Å². The molecule has 8 heteroatoms. The van der Waals surface area contributed by atoms with Gasteiger partial charge >= 0.3 is 0 Å². The Kier molecular flexibility index (Phi) is 6.89. The van der Waals surface area contributed by atoms with Gasteiger partial charge in [-0.1, -0.05) is 30.3 Å². The number of carbonyl (C=O) groups is 1. The zero-order valence-electron chi connectivity index (χ0n) is 16.6. The van der Waals surface area contributed by atoms with Crippen LogP contribution in [0.5, 0.6) is 5.75 Å². The van der Waals surface area contributed by atoms with Crippen LogP contribution in [0, 0.1) is 0 Å². The van der Waals surface area contributed by atoms with Crippen molar-refractivity contribution in [1.29, 1.82) is 0 Å². The van der Waals surface area contributed by atoms with Gasteiger partial charge in [0, 0.05) is 13.1 Å². The van der Waals surface area contributed by atoms with Gasteiger partial charge in [-0.05, 0) is 37.6 Å². The average molecular weight is 419 g/mol. The van der Waals surface area contributed by atoms with Gasteiger partial charge in [0.15, 0.2) is 0 Å². The molecule has 0 spiro atoms. The maximum absolute atomic E-state index is 13.0. The summed E-state index contributed by atoms with van der Waals surface area (Å²) in [6.07, 6.45) is 0.0593. The van der Waals surface area contributed by atoms with E-state index in [1.807, 2.05) is 44.2 Å². The van der Waals surface area contributed by atoms with Crippen LogP contribution in [-0.2, 0) is 26.0 Å². The molecule has 0 aromatic heterocycles. The summed E-state index contributed by atoms with van der Waals surface area (Å²) in [7, 11) is -3.68. The van der Waals surface area contributed by atoms with E-state index in [1.165, 1.54) is 16.4 Å². The van der Waals surface area contributed by atoms with Gasteiger partial charge in [0.05, 0.1) is 36.3 Å². The molecule has 1 fully saturated rings. The minimum absolute atomic E-state index is 0.116. The van der Waals surface area contributed by atoms with Gasteiger partial charge in [0.1, 0.15) is 5.75 Å². The lowest BCUT2D eigenvalue weighted by molar-refractivity contribution is -0.115. The normalized spacial score (nSPS) is 15.3. The van der Waals surface area contributed by atoms with Gasteiger partial charge in [-0.3, -0.25) is 4.79 Å². The van der Waals surface area contributed by atoms with E-state index in [0.717, 1.165) is 5.56 Å². The van der Waals surface area contributed by atoms with E-state index < -0.39 is 10.0 Å². The Morgan fingerprint density at radius 2 is 1.83 bits per heavy atom. The molecule has 0 bridgehead atoms. The summed E-state index contributed by atoms with van der Waals surface area (Å²) < 4.78 is 38.3. The third-order valence-electron chi connectivity index (χ3n) is 4.40. The van der Waals surface area contributed by atoms with E-state index in [1.54, 1.807) is 6.07 Å².